The number of carbonyl (C=O) groups excluding carboxylic acids is 2. The van der Waals surface area contributed by atoms with Gasteiger partial charge in [-0.3, -0.25) is 9.59 Å². The highest BCUT2D eigenvalue weighted by atomic mass is 16.7. The summed E-state index contributed by atoms with van der Waals surface area (Å²) in [5, 5.41) is 0. The van der Waals surface area contributed by atoms with E-state index >= 15 is 0 Å². The zero-order valence-electron chi connectivity index (χ0n) is 13.3. The minimum Gasteiger partial charge on any atom is -0.454 e. The van der Waals surface area contributed by atoms with Gasteiger partial charge in [0.15, 0.2) is 17.7 Å². The van der Waals surface area contributed by atoms with Crippen LogP contribution in [0.15, 0.2) is 0 Å². The van der Waals surface area contributed by atoms with Crippen molar-refractivity contribution in [3.05, 3.63) is 0 Å². The van der Waals surface area contributed by atoms with Crippen LogP contribution >= 0.6 is 0 Å². The molecule has 0 N–H and O–H groups in total. The summed E-state index contributed by atoms with van der Waals surface area (Å²) >= 11 is 0. The van der Waals surface area contributed by atoms with Gasteiger partial charge in [-0.25, -0.2) is 0 Å². The van der Waals surface area contributed by atoms with Gasteiger partial charge in [-0.15, -0.1) is 0 Å². The quantitative estimate of drug-likeness (QED) is 0.731. The molecule has 124 valence electrons. The normalized spacial score (nSPS) is 34.0. The lowest BCUT2D eigenvalue weighted by Gasteiger charge is -2.32. The van der Waals surface area contributed by atoms with Gasteiger partial charge in [0.05, 0.1) is 19.1 Å². The Morgan fingerprint density at radius 2 is 2.05 bits per heavy atom. The molecule has 2 aliphatic heterocycles. The van der Waals surface area contributed by atoms with Gasteiger partial charge in [0, 0.05) is 25.2 Å². The zero-order chi connectivity index (χ0) is 15.6. The molecular weight excluding hydrogens is 284 g/mol. The molecule has 2 heterocycles. The van der Waals surface area contributed by atoms with E-state index in [9.17, 15) is 9.59 Å². The maximum atomic E-state index is 12.3. The molecule has 3 atom stereocenters. The summed E-state index contributed by atoms with van der Waals surface area (Å²) in [4.78, 5) is 24.0. The van der Waals surface area contributed by atoms with Gasteiger partial charge >= 0.3 is 5.97 Å². The third kappa shape index (κ3) is 3.20. The minimum absolute atomic E-state index is 0.0332. The second-order valence-electron chi connectivity index (χ2n) is 6.79. The topological polar surface area (TPSA) is 61.8 Å². The molecule has 1 spiro atoms. The Morgan fingerprint density at radius 1 is 1.27 bits per heavy atom. The molecule has 3 fully saturated rings. The van der Waals surface area contributed by atoms with E-state index in [0.717, 1.165) is 38.5 Å². The molecule has 3 aliphatic rings. The summed E-state index contributed by atoms with van der Waals surface area (Å²) < 4.78 is 17.4. The summed E-state index contributed by atoms with van der Waals surface area (Å²) in [6, 6.07) is 0. The van der Waals surface area contributed by atoms with Gasteiger partial charge in [0.25, 0.3) is 0 Å². The van der Waals surface area contributed by atoms with E-state index in [0.29, 0.717) is 13.0 Å². The summed E-state index contributed by atoms with van der Waals surface area (Å²) in [7, 11) is 0. The Kier molecular flexibility index (Phi) is 4.83. The molecular formula is C17H26O5. The smallest absolute Gasteiger partial charge is 0.307 e. The molecule has 0 aromatic carbocycles. The van der Waals surface area contributed by atoms with E-state index in [1.807, 2.05) is 6.92 Å². The first-order valence-corrected chi connectivity index (χ1v) is 8.67. The van der Waals surface area contributed by atoms with Crippen molar-refractivity contribution in [1.82, 2.24) is 0 Å². The summed E-state index contributed by atoms with van der Waals surface area (Å²) in [6.07, 6.45) is 7.01. The molecule has 0 aromatic rings. The third-order valence-corrected chi connectivity index (χ3v) is 5.11. The zero-order valence-corrected chi connectivity index (χ0v) is 13.3. The van der Waals surface area contributed by atoms with Gasteiger partial charge in [-0.2, -0.15) is 0 Å². The third-order valence-electron chi connectivity index (χ3n) is 5.11. The van der Waals surface area contributed by atoms with Crippen LogP contribution in [0.25, 0.3) is 0 Å². The number of hydrogen-bond acceptors (Lipinski definition) is 5. The highest BCUT2D eigenvalue weighted by Gasteiger charge is 2.51. The van der Waals surface area contributed by atoms with Gasteiger partial charge in [-0.1, -0.05) is 19.8 Å². The van der Waals surface area contributed by atoms with Crippen molar-refractivity contribution in [3.8, 4) is 0 Å². The molecule has 0 unspecified atom stereocenters. The van der Waals surface area contributed by atoms with Crippen molar-refractivity contribution in [2.24, 2.45) is 5.92 Å². The van der Waals surface area contributed by atoms with E-state index < -0.39 is 11.9 Å². The number of hydrogen-bond donors (Lipinski definition) is 0. The summed E-state index contributed by atoms with van der Waals surface area (Å²) in [5.41, 5.74) is 0. The van der Waals surface area contributed by atoms with Crippen molar-refractivity contribution in [3.63, 3.8) is 0 Å². The Balaban J connectivity index is 1.64. The Morgan fingerprint density at radius 3 is 2.77 bits per heavy atom. The van der Waals surface area contributed by atoms with E-state index in [1.165, 1.54) is 6.42 Å². The number of ether oxygens (including phenoxy) is 3. The summed E-state index contributed by atoms with van der Waals surface area (Å²) in [5.74, 6) is -0.900. The Labute approximate surface area is 131 Å². The van der Waals surface area contributed by atoms with E-state index in [2.05, 4.69) is 0 Å². The number of carbonyl (C=O) groups is 2. The maximum Gasteiger partial charge on any atom is 0.307 e. The van der Waals surface area contributed by atoms with Gasteiger partial charge in [0.2, 0.25) is 0 Å². The lowest BCUT2D eigenvalue weighted by Crippen LogP contribution is -2.38. The van der Waals surface area contributed by atoms with Crippen LogP contribution in [0, 0.1) is 5.92 Å². The highest BCUT2D eigenvalue weighted by molar-refractivity contribution is 5.88. The number of unbranched alkanes of at least 4 members (excludes halogenated alkanes) is 1. The fourth-order valence-electron chi connectivity index (χ4n) is 3.84. The highest BCUT2D eigenvalue weighted by Crippen LogP contribution is 2.42. The molecule has 0 aromatic heterocycles. The number of cyclic esters (lactones) is 1. The molecule has 3 rings (SSSR count). The Hall–Kier alpha value is -0.940. The van der Waals surface area contributed by atoms with Crippen LogP contribution < -0.4 is 0 Å². The molecule has 0 bridgehead atoms. The minimum atomic E-state index is -0.633. The van der Waals surface area contributed by atoms with E-state index in [-0.39, 0.29) is 30.2 Å². The molecule has 22 heavy (non-hydrogen) atoms. The van der Waals surface area contributed by atoms with Crippen LogP contribution in [-0.2, 0) is 23.8 Å². The fourth-order valence-corrected chi connectivity index (χ4v) is 3.84. The molecule has 5 nitrogen and oxygen atoms in total. The second-order valence-corrected chi connectivity index (χ2v) is 6.79. The van der Waals surface area contributed by atoms with Gasteiger partial charge < -0.3 is 14.2 Å². The van der Waals surface area contributed by atoms with Gasteiger partial charge in [-0.05, 0) is 19.3 Å². The molecule has 1 saturated carbocycles. The summed E-state index contributed by atoms with van der Waals surface area (Å²) in [6.45, 7) is 2.52. The predicted octanol–water partition coefficient (Wildman–Crippen LogP) is 2.75. The molecule has 1 aliphatic carbocycles. The maximum absolute atomic E-state index is 12.3. The largest absolute Gasteiger partial charge is 0.454 e. The van der Waals surface area contributed by atoms with Crippen LogP contribution in [0.5, 0.6) is 0 Å². The first kappa shape index (κ1) is 15.9. The van der Waals surface area contributed by atoms with Crippen molar-refractivity contribution in [2.75, 3.05) is 6.61 Å². The van der Waals surface area contributed by atoms with E-state index in [1.54, 1.807) is 0 Å². The first-order valence-electron chi connectivity index (χ1n) is 8.67. The molecule has 2 saturated heterocycles. The molecule has 5 heteroatoms. The number of rotatable bonds is 5. The fraction of sp³-hybridized carbons (Fsp3) is 0.882. The first-order chi connectivity index (χ1) is 10.6. The van der Waals surface area contributed by atoms with Crippen molar-refractivity contribution in [1.29, 1.82) is 0 Å². The SMILES string of the molecule is CCCCC(=O)[C@@H]1OC(=O)C[C@@H]1[C@H]1COC2(CCCCC2)O1. The van der Waals surface area contributed by atoms with Crippen molar-refractivity contribution in [2.45, 2.75) is 82.7 Å². The van der Waals surface area contributed by atoms with Crippen molar-refractivity contribution < 1.29 is 23.8 Å². The van der Waals surface area contributed by atoms with Crippen LogP contribution in [0.2, 0.25) is 0 Å². The predicted molar refractivity (Wildman–Crippen MR) is 79.2 cm³/mol. The van der Waals surface area contributed by atoms with Crippen LogP contribution in [0.4, 0.5) is 0 Å². The van der Waals surface area contributed by atoms with Crippen LogP contribution in [0.1, 0.15) is 64.7 Å². The molecule has 0 amide bonds. The Bertz CT molecular complexity index is 427. The number of esters is 1. The van der Waals surface area contributed by atoms with E-state index in [4.69, 9.17) is 14.2 Å². The van der Waals surface area contributed by atoms with Gasteiger partial charge in [0.1, 0.15) is 0 Å². The average Bonchev–Trinajstić information content (AvgIpc) is 3.10. The molecule has 0 radical (unpaired) electrons. The van der Waals surface area contributed by atoms with Crippen LogP contribution in [0.3, 0.4) is 0 Å². The second kappa shape index (κ2) is 6.67. The monoisotopic (exact) mass is 310 g/mol. The lowest BCUT2D eigenvalue weighted by molar-refractivity contribution is -0.193. The number of Topliss-reactive ketones (excluding diaryl/α,β-unsaturated/α-hetero) is 1. The lowest BCUT2D eigenvalue weighted by atomic mass is 9.90. The average molecular weight is 310 g/mol. The van der Waals surface area contributed by atoms with Crippen molar-refractivity contribution >= 4 is 11.8 Å². The standard InChI is InChI=1S/C17H26O5/c1-2-3-7-13(18)16-12(10-15(19)21-16)14-11-20-17(22-14)8-5-4-6-9-17/h12,14,16H,2-11H2,1H3/t12-,14-,16-/m1/s1. The number of ketones is 1. The van der Waals surface area contributed by atoms with Crippen LogP contribution in [-0.4, -0.2) is 36.4 Å².